The molecular weight excluding hydrogens is 588 g/mol. The van der Waals surface area contributed by atoms with Gasteiger partial charge in [0.2, 0.25) is 0 Å². The summed E-state index contributed by atoms with van der Waals surface area (Å²) in [6.07, 6.45) is 4.28. The maximum Gasteiger partial charge on any atom is 0.408 e. The number of amides is 3. The van der Waals surface area contributed by atoms with Gasteiger partial charge in [-0.05, 0) is 111 Å². The molecule has 6 saturated carbocycles. The van der Waals surface area contributed by atoms with Crippen molar-refractivity contribution in [2.75, 3.05) is 0 Å². The lowest BCUT2D eigenvalue weighted by molar-refractivity contribution is -0.131. The Kier molecular flexibility index (Phi) is 7.72. The number of rotatable bonds is 4. The molecule has 0 radical (unpaired) electrons. The van der Waals surface area contributed by atoms with Crippen LogP contribution < -0.4 is 21.1 Å². The molecule has 8 rings (SSSR count). The van der Waals surface area contributed by atoms with E-state index in [9.17, 15) is 24.3 Å². The number of carbonyl (C=O) groups is 4. The SMILES string of the molecule is CC(C)(C)N(C(=O)O)C12CCC(N)(C1)C2.CC(C)(C)OC(=O)NC12CCC(NC(=O)[C@H]3CC(=O)c4cc(Cl)ccc4O3)(C1)C2. The predicted octanol–water partition coefficient (Wildman–Crippen LogP) is 5.17. The van der Waals surface area contributed by atoms with Crippen molar-refractivity contribution in [2.45, 2.75) is 139 Å². The van der Waals surface area contributed by atoms with Gasteiger partial charge in [-0.15, -0.1) is 0 Å². The fourth-order valence-corrected chi connectivity index (χ4v) is 8.42. The lowest BCUT2D eigenvalue weighted by Gasteiger charge is -2.55. The van der Waals surface area contributed by atoms with Gasteiger partial charge in [0.25, 0.3) is 5.91 Å². The smallest absolute Gasteiger partial charge is 0.408 e. The summed E-state index contributed by atoms with van der Waals surface area (Å²) >= 11 is 5.94. The fraction of sp³-hybridized carbons (Fsp3) is 0.688. The van der Waals surface area contributed by atoms with Crippen molar-refractivity contribution in [2.24, 2.45) is 5.73 Å². The zero-order valence-electron chi connectivity index (χ0n) is 26.5. The standard InChI is InChI=1S/C21H25ClN2O5.C11H20N2O2/c1-19(2,3)29-18(27)24-21-7-6-20(10-21,11-21)23-17(26)16-9-14(25)13-8-12(22)4-5-15(13)28-16;1-9(2,3)13(8(14)15)11-5-4-10(12,6-11)7-11/h4-5,8,16H,6-7,9-11H2,1-3H3,(H,23,26)(H,24,27);4-7,12H2,1-3H3,(H,14,15)/t16-,20?,21?;/m1./s1. The lowest BCUT2D eigenvalue weighted by Crippen LogP contribution is -2.67. The summed E-state index contributed by atoms with van der Waals surface area (Å²) in [5.74, 6) is -0.0802. The van der Waals surface area contributed by atoms with Gasteiger partial charge in [-0.3, -0.25) is 14.5 Å². The molecule has 0 unspecified atom stereocenters. The number of fused-ring (bicyclic) bond motifs is 3. The third-order valence-corrected chi connectivity index (χ3v) is 9.79. The van der Waals surface area contributed by atoms with Gasteiger partial charge < -0.3 is 30.9 Å². The number of nitrogens with zero attached hydrogens (tertiary/aromatic N) is 1. The van der Waals surface area contributed by atoms with Crippen LogP contribution in [-0.4, -0.2) is 73.3 Å². The van der Waals surface area contributed by atoms with Crippen LogP contribution in [0.4, 0.5) is 9.59 Å². The molecule has 1 aliphatic heterocycles. The molecule has 0 saturated heterocycles. The monoisotopic (exact) mass is 632 g/mol. The van der Waals surface area contributed by atoms with Crippen molar-refractivity contribution in [3.63, 3.8) is 0 Å². The van der Waals surface area contributed by atoms with E-state index in [1.807, 2.05) is 41.5 Å². The molecule has 0 aromatic heterocycles. The molecule has 3 amide bonds. The van der Waals surface area contributed by atoms with Crippen molar-refractivity contribution in [1.29, 1.82) is 0 Å². The minimum Gasteiger partial charge on any atom is -0.479 e. The molecule has 7 aliphatic rings. The molecule has 4 bridgehead atoms. The number of Topliss-reactive ketones (excluding diaryl/α,β-unsaturated/α-hetero) is 1. The van der Waals surface area contributed by atoms with Crippen molar-refractivity contribution in [3.05, 3.63) is 28.8 Å². The zero-order valence-corrected chi connectivity index (χ0v) is 27.2. The first-order valence-electron chi connectivity index (χ1n) is 15.3. The number of halogens is 1. The van der Waals surface area contributed by atoms with Crippen molar-refractivity contribution >= 4 is 35.5 Å². The number of carboxylic acid groups (broad SMARTS) is 1. The van der Waals surface area contributed by atoms with Crippen LogP contribution in [0, 0.1) is 0 Å². The van der Waals surface area contributed by atoms with Gasteiger partial charge in [0.1, 0.15) is 11.4 Å². The van der Waals surface area contributed by atoms with E-state index in [1.54, 1.807) is 23.1 Å². The molecule has 1 heterocycles. The van der Waals surface area contributed by atoms with Gasteiger partial charge in [0.15, 0.2) is 11.9 Å². The topological polar surface area (TPSA) is 160 Å². The highest BCUT2D eigenvalue weighted by atomic mass is 35.5. The Hall–Kier alpha value is -3.05. The van der Waals surface area contributed by atoms with E-state index < -0.39 is 23.9 Å². The second kappa shape index (κ2) is 10.5. The number of hydrogen-bond donors (Lipinski definition) is 4. The fourth-order valence-electron chi connectivity index (χ4n) is 8.25. The average molecular weight is 633 g/mol. The van der Waals surface area contributed by atoms with Crippen molar-refractivity contribution in [1.82, 2.24) is 15.5 Å². The highest BCUT2D eigenvalue weighted by Crippen LogP contribution is 2.58. The molecule has 1 aromatic carbocycles. The second-order valence-corrected chi connectivity index (χ2v) is 16.1. The molecule has 6 aliphatic carbocycles. The summed E-state index contributed by atoms with van der Waals surface area (Å²) in [4.78, 5) is 50.3. The molecule has 44 heavy (non-hydrogen) atoms. The molecule has 0 spiro atoms. The third-order valence-electron chi connectivity index (χ3n) is 9.55. The lowest BCUT2D eigenvalue weighted by atomic mass is 9.69. The largest absolute Gasteiger partial charge is 0.479 e. The predicted molar refractivity (Wildman–Crippen MR) is 164 cm³/mol. The third kappa shape index (κ3) is 6.22. The average Bonchev–Trinajstić information content (AvgIpc) is 3.54. The number of carbonyl (C=O) groups excluding carboxylic acids is 3. The highest BCUT2D eigenvalue weighted by Gasteiger charge is 2.64. The van der Waals surface area contributed by atoms with Gasteiger partial charge in [0.05, 0.1) is 17.5 Å². The number of ether oxygens (including phenoxy) is 2. The maximum absolute atomic E-state index is 12.8. The first kappa shape index (κ1) is 32.3. The number of alkyl carbamates (subject to hydrolysis) is 1. The molecule has 11 nitrogen and oxygen atoms in total. The Morgan fingerprint density at radius 1 is 1.00 bits per heavy atom. The van der Waals surface area contributed by atoms with Crippen LogP contribution in [0.25, 0.3) is 0 Å². The Bertz CT molecular complexity index is 1370. The minimum absolute atomic E-state index is 0.0173. The summed E-state index contributed by atoms with van der Waals surface area (Å²) in [5, 5.41) is 15.8. The van der Waals surface area contributed by atoms with E-state index in [0.29, 0.717) is 29.2 Å². The van der Waals surface area contributed by atoms with E-state index in [-0.39, 0.29) is 45.8 Å². The maximum atomic E-state index is 12.8. The minimum atomic E-state index is -0.861. The molecule has 1 aromatic rings. The summed E-state index contributed by atoms with van der Waals surface area (Å²) in [6, 6.07) is 4.81. The Labute approximate surface area is 263 Å². The summed E-state index contributed by atoms with van der Waals surface area (Å²) < 4.78 is 11.1. The number of benzene rings is 1. The van der Waals surface area contributed by atoms with E-state index in [4.69, 9.17) is 26.8 Å². The Morgan fingerprint density at radius 3 is 2.14 bits per heavy atom. The second-order valence-electron chi connectivity index (χ2n) is 15.6. The van der Waals surface area contributed by atoms with Crippen LogP contribution in [0.3, 0.4) is 0 Å². The molecule has 12 heteroatoms. The van der Waals surface area contributed by atoms with Gasteiger partial charge in [-0.25, -0.2) is 9.59 Å². The molecule has 242 valence electrons. The zero-order chi connectivity index (χ0) is 32.5. The molecular formula is C32H45ClN4O7. The van der Waals surface area contributed by atoms with Crippen molar-refractivity contribution in [3.8, 4) is 5.75 Å². The summed E-state index contributed by atoms with van der Waals surface area (Å²) in [5.41, 5.74) is 4.67. The number of nitrogens with one attached hydrogen (secondary N) is 2. The van der Waals surface area contributed by atoms with Crippen LogP contribution in [-0.2, 0) is 9.53 Å². The van der Waals surface area contributed by atoms with E-state index >= 15 is 0 Å². The number of nitrogens with two attached hydrogens (primary N) is 1. The van der Waals surface area contributed by atoms with Gasteiger partial charge in [-0.2, -0.15) is 0 Å². The van der Waals surface area contributed by atoms with E-state index in [0.717, 1.165) is 38.5 Å². The van der Waals surface area contributed by atoms with Crippen LogP contribution in [0.15, 0.2) is 18.2 Å². The number of ketones is 1. The molecule has 6 fully saturated rings. The van der Waals surface area contributed by atoms with Gasteiger partial charge in [-0.1, -0.05) is 11.6 Å². The van der Waals surface area contributed by atoms with E-state index in [2.05, 4.69) is 10.6 Å². The number of hydrogen-bond acceptors (Lipinski definition) is 7. The van der Waals surface area contributed by atoms with Crippen LogP contribution in [0.5, 0.6) is 5.75 Å². The first-order valence-corrected chi connectivity index (χ1v) is 15.7. The van der Waals surface area contributed by atoms with Gasteiger partial charge >= 0.3 is 12.2 Å². The van der Waals surface area contributed by atoms with Crippen molar-refractivity contribution < 1.29 is 33.8 Å². The summed E-state index contributed by atoms with van der Waals surface area (Å²) in [6.45, 7) is 11.3. The van der Waals surface area contributed by atoms with Crippen LogP contribution in [0.2, 0.25) is 5.02 Å². The van der Waals surface area contributed by atoms with Gasteiger partial charge in [0, 0.05) is 27.2 Å². The quantitative estimate of drug-likeness (QED) is 0.354. The highest BCUT2D eigenvalue weighted by molar-refractivity contribution is 6.31. The summed E-state index contributed by atoms with van der Waals surface area (Å²) in [7, 11) is 0. The molecule has 5 N–H and O–H groups in total. The normalized spacial score (nSPS) is 32.9. The first-order chi connectivity index (χ1) is 20.2. The molecule has 1 atom stereocenters. The Balaban J connectivity index is 0.000000215. The van der Waals surface area contributed by atoms with Crippen LogP contribution >= 0.6 is 11.6 Å². The Morgan fingerprint density at radius 2 is 1.61 bits per heavy atom. The van der Waals surface area contributed by atoms with E-state index in [1.165, 1.54) is 0 Å². The van der Waals surface area contributed by atoms with Crippen LogP contribution in [0.1, 0.15) is 110 Å².